The summed E-state index contributed by atoms with van der Waals surface area (Å²) < 4.78 is 1.94. The Kier molecular flexibility index (Phi) is 5.89. The summed E-state index contributed by atoms with van der Waals surface area (Å²) in [6, 6.07) is 19.0. The van der Waals surface area contributed by atoms with Crippen LogP contribution in [-0.4, -0.2) is 25.7 Å². The minimum Gasteiger partial charge on any atom is -0.378 e. The molecule has 3 aromatic rings. The Hall–Kier alpha value is -4.13. The molecule has 2 aromatic carbocycles. The normalized spacial score (nSPS) is 15.0. The van der Waals surface area contributed by atoms with Crippen LogP contribution in [0.1, 0.15) is 12.5 Å². The molecule has 0 N–H and O–H groups in total. The number of carbonyl (C=O) groups excluding carboxylic acids is 1. The van der Waals surface area contributed by atoms with Gasteiger partial charge in [-0.3, -0.25) is 4.79 Å². The SMILES string of the molecule is CC1=NN(c2ccc(N=Nc3ccc(N(C)C)cc3)cc2)C(=O)/C1=C/c1ccc[n+](C)c1. The maximum atomic E-state index is 13.0. The van der Waals surface area contributed by atoms with Crippen molar-refractivity contribution in [2.45, 2.75) is 6.92 Å². The van der Waals surface area contributed by atoms with Gasteiger partial charge in [0.15, 0.2) is 12.4 Å². The van der Waals surface area contributed by atoms with Crippen molar-refractivity contribution in [2.75, 3.05) is 24.0 Å². The Labute approximate surface area is 187 Å². The van der Waals surface area contributed by atoms with Crippen LogP contribution >= 0.6 is 0 Å². The first kappa shape index (κ1) is 21.1. The van der Waals surface area contributed by atoms with Crippen molar-refractivity contribution >= 4 is 40.4 Å². The van der Waals surface area contributed by atoms with Gasteiger partial charge in [-0.15, -0.1) is 0 Å². The van der Waals surface area contributed by atoms with Gasteiger partial charge in [0, 0.05) is 31.4 Å². The average Bonchev–Trinajstić information content (AvgIpc) is 3.06. The largest absolute Gasteiger partial charge is 0.378 e. The third-order valence-corrected chi connectivity index (χ3v) is 5.08. The zero-order chi connectivity index (χ0) is 22.7. The maximum absolute atomic E-state index is 13.0. The van der Waals surface area contributed by atoms with Crippen molar-refractivity contribution in [3.8, 4) is 0 Å². The second-order valence-corrected chi connectivity index (χ2v) is 7.79. The number of hydrogen-bond donors (Lipinski definition) is 0. The third-order valence-electron chi connectivity index (χ3n) is 5.08. The van der Waals surface area contributed by atoms with E-state index in [9.17, 15) is 4.79 Å². The highest BCUT2D eigenvalue weighted by atomic mass is 16.2. The fourth-order valence-corrected chi connectivity index (χ4v) is 3.32. The third kappa shape index (κ3) is 4.62. The van der Waals surface area contributed by atoms with Crippen LogP contribution in [0.3, 0.4) is 0 Å². The molecule has 0 radical (unpaired) electrons. The van der Waals surface area contributed by atoms with Crippen LogP contribution in [0.15, 0.2) is 94.0 Å². The van der Waals surface area contributed by atoms with E-state index in [1.54, 1.807) is 0 Å². The fourth-order valence-electron chi connectivity index (χ4n) is 3.32. The van der Waals surface area contributed by atoms with Crippen LogP contribution < -0.4 is 14.5 Å². The summed E-state index contributed by atoms with van der Waals surface area (Å²) in [6.07, 6.45) is 5.78. The monoisotopic (exact) mass is 425 g/mol. The van der Waals surface area contributed by atoms with Crippen LogP contribution in [0.25, 0.3) is 6.08 Å². The smallest absolute Gasteiger partial charge is 0.280 e. The van der Waals surface area contributed by atoms with E-state index in [4.69, 9.17) is 0 Å². The highest BCUT2D eigenvalue weighted by Gasteiger charge is 2.28. The van der Waals surface area contributed by atoms with E-state index >= 15 is 0 Å². The molecule has 32 heavy (non-hydrogen) atoms. The van der Waals surface area contributed by atoms with E-state index < -0.39 is 0 Å². The molecule has 0 saturated heterocycles. The lowest BCUT2D eigenvalue weighted by molar-refractivity contribution is -0.671. The Bertz CT molecular complexity index is 1220. The zero-order valence-electron chi connectivity index (χ0n) is 18.6. The summed E-state index contributed by atoms with van der Waals surface area (Å²) >= 11 is 0. The number of carbonyl (C=O) groups is 1. The number of amides is 1. The molecular weight excluding hydrogens is 400 g/mol. The summed E-state index contributed by atoms with van der Waals surface area (Å²) in [7, 11) is 5.94. The summed E-state index contributed by atoms with van der Waals surface area (Å²) in [6.45, 7) is 1.84. The van der Waals surface area contributed by atoms with E-state index in [1.165, 1.54) is 5.01 Å². The van der Waals surface area contributed by atoms with Gasteiger partial charge in [-0.1, -0.05) is 0 Å². The molecule has 1 aliphatic rings. The number of hydrogen-bond acceptors (Lipinski definition) is 5. The topological polar surface area (TPSA) is 64.5 Å². The first-order valence-electron chi connectivity index (χ1n) is 10.3. The van der Waals surface area contributed by atoms with E-state index in [2.05, 4.69) is 15.3 Å². The van der Waals surface area contributed by atoms with Crippen molar-refractivity contribution in [3.63, 3.8) is 0 Å². The van der Waals surface area contributed by atoms with Crippen molar-refractivity contribution in [1.82, 2.24) is 0 Å². The van der Waals surface area contributed by atoms with Gasteiger partial charge in [0.05, 0.1) is 28.3 Å². The molecule has 0 saturated carbocycles. The number of azo groups is 1. The molecule has 7 nitrogen and oxygen atoms in total. The van der Waals surface area contributed by atoms with Crippen molar-refractivity contribution in [1.29, 1.82) is 0 Å². The van der Waals surface area contributed by atoms with Gasteiger partial charge >= 0.3 is 0 Å². The Morgan fingerprint density at radius 1 is 0.969 bits per heavy atom. The molecule has 4 rings (SSSR count). The molecule has 0 atom stereocenters. The molecule has 2 heterocycles. The van der Waals surface area contributed by atoms with Gasteiger partial charge in [0.1, 0.15) is 7.05 Å². The lowest BCUT2D eigenvalue weighted by Crippen LogP contribution is -2.26. The lowest BCUT2D eigenvalue weighted by Gasteiger charge is -2.12. The first-order valence-corrected chi connectivity index (χ1v) is 10.3. The predicted molar refractivity (Wildman–Crippen MR) is 128 cm³/mol. The van der Waals surface area contributed by atoms with Crippen LogP contribution in [0.5, 0.6) is 0 Å². The quantitative estimate of drug-likeness (QED) is 0.335. The summed E-state index contributed by atoms with van der Waals surface area (Å²) in [5.74, 6) is -0.149. The van der Waals surface area contributed by atoms with Crippen LogP contribution in [0, 0.1) is 0 Å². The molecule has 0 unspecified atom stereocenters. The lowest BCUT2D eigenvalue weighted by atomic mass is 10.1. The van der Waals surface area contributed by atoms with Crippen molar-refractivity contribution < 1.29 is 9.36 Å². The first-order chi connectivity index (χ1) is 15.4. The van der Waals surface area contributed by atoms with Crippen LogP contribution in [-0.2, 0) is 11.8 Å². The van der Waals surface area contributed by atoms with Crippen molar-refractivity contribution in [2.24, 2.45) is 22.4 Å². The molecule has 7 heteroatoms. The number of hydrazone groups is 1. The summed E-state index contributed by atoms with van der Waals surface area (Å²) in [5.41, 5.74) is 5.49. The van der Waals surface area contributed by atoms with E-state index in [0.29, 0.717) is 22.7 Å². The van der Waals surface area contributed by atoms with Gasteiger partial charge in [0.25, 0.3) is 5.91 Å². The van der Waals surface area contributed by atoms with Crippen LogP contribution in [0.2, 0.25) is 0 Å². The molecule has 160 valence electrons. The number of anilines is 2. The number of aryl methyl sites for hydroxylation is 1. The number of nitrogens with zero attached hydrogens (tertiary/aromatic N) is 6. The molecular formula is C25H25N6O+. The number of pyridine rings is 1. The zero-order valence-corrected chi connectivity index (χ0v) is 18.6. The van der Waals surface area contributed by atoms with Gasteiger partial charge in [0.2, 0.25) is 0 Å². The second kappa shape index (κ2) is 8.93. The highest BCUT2D eigenvalue weighted by molar-refractivity contribution is 6.32. The predicted octanol–water partition coefficient (Wildman–Crippen LogP) is 4.80. The molecule has 0 fully saturated rings. The molecule has 1 amide bonds. The van der Waals surface area contributed by atoms with Gasteiger partial charge in [-0.25, -0.2) is 4.57 Å². The Morgan fingerprint density at radius 3 is 2.19 bits per heavy atom. The molecule has 1 aliphatic heterocycles. The molecule has 0 bridgehead atoms. The number of rotatable bonds is 5. The Morgan fingerprint density at radius 2 is 1.59 bits per heavy atom. The minimum atomic E-state index is -0.149. The van der Waals surface area contributed by atoms with E-state index in [1.807, 2.05) is 117 Å². The van der Waals surface area contributed by atoms with E-state index in [-0.39, 0.29) is 5.91 Å². The minimum absolute atomic E-state index is 0.149. The van der Waals surface area contributed by atoms with Gasteiger partial charge in [-0.05, 0) is 67.6 Å². The van der Waals surface area contributed by atoms with Gasteiger partial charge in [-0.2, -0.15) is 20.3 Å². The molecule has 1 aromatic heterocycles. The van der Waals surface area contributed by atoms with E-state index in [0.717, 1.165) is 16.9 Å². The fraction of sp³-hybridized carbons (Fsp3) is 0.160. The maximum Gasteiger partial charge on any atom is 0.280 e. The number of benzene rings is 2. The second-order valence-electron chi connectivity index (χ2n) is 7.79. The average molecular weight is 426 g/mol. The molecule has 0 spiro atoms. The summed E-state index contributed by atoms with van der Waals surface area (Å²) in [4.78, 5) is 15.0. The summed E-state index contributed by atoms with van der Waals surface area (Å²) in [5, 5.41) is 14.4. The Balaban J connectivity index is 1.49. The molecule has 0 aliphatic carbocycles. The van der Waals surface area contributed by atoms with Crippen LogP contribution in [0.4, 0.5) is 22.7 Å². The standard InChI is InChI=1S/C25H25N6O/c1-18-24(16-19-6-5-15-30(4)17-19)25(32)31(28-18)23-13-9-21(10-14-23)27-26-20-7-11-22(12-8-20)29(2)3/h5-17H,1-4H3/q+1/b24-16+,27-26?. The van der Waals surface area contributed by atoms with Gasteiger partial charge < -0.3 is 4.90 Å². The van der Waals surface area contributed by atoms with Crippen molar-refractivity contribution in [3.05, 3.63) is 84.2 Å². The highest BCUT2D eigenvalue weighted by Crippen LogP contribution is 2.28. The number of aromatic nitrogens is 1.